The summed E-state index contributed by atoms with van der Waals surface area (Å²) in [7, 11) is -1.89. The molecule has 108 valence electrons. The smallest absolute Gasteiger partial charge is 0.240 e. The molecule has 1 aromatic rings. The molecule has 19 heavy (non-hydrogen) atoms. The Hall–Kier alpha value is -0.950. The molecule has 0 spiro atoms. The van der Waals surface area contributed by atoms with Gasteiger partial charge in [-0.25, -0.2) is 13.1 Å². The summed E-state index contributed by atoms with van der Waals surface area (Å²) >= 11 is 0. The highest BCUT2D eigenvalue weighted by atomic mass is 32.2. The zero-order chi connectivity index (χ0) is 14.3. The molecule has 0 heterocycles. The molecule has 0 aliphatic heterocycles. The monoisotopic (exact) mass is 286 g/mol. The van der Waals surface area contributed by atoms with Gasteiger partial charge in [-0.05, 0) is 24.5 Å². The van der Waals surface area contributed by atoms with Gasteiger partial charge in [-0.15, -0.1) is 0 Å². The molecule has 3 N–H and O–H groups in total. The third kappa shape index (κ3) is 4.91. The Morgan fingerprint density at radius 2 is 2.05 bits per heavy atom. The van der Waals surface area contributed by atoms with Crippen molar-refractivity contribution in [3.05, 3.63) is 29.8 Å². The fourth-order valence-corrected chi connectivity index (χ4v) is 3.19. The summed E-state index contributed by atoms with van der Waals surface area (Å²) in [5.74, 6) is 0. The van der Waals surface area contributed by atoms with Gasteiger partial charge in [-0.3, -0.25) is 0 Å². The lowest BCUT2D eigenvalue weighted by Gasteiger charge is -2.14. The van der Waals surface area contributed by atoms with Crippen molar-refractivity contribution in [1.82, 2.24) is 4.72 Å². The molecule has 6 heteroatoms. The third-order valence-electron chi connectivity index (χ3n) is 2.67. The lowest BCUT2D eigenvalue weighted by atomic mass is 10.1. The molecule has 5 nitrogen and oxygen atoms in total. The van der Waals surface area contributed by atoms with E-state index < -0.39 is 10.0 Å². The molecule has 1 atom stereocenters. The maximum atomic E-state index is 12.2. The average molecular weight is 286 g/mol. The van der Waals surface area contributed by atoms with E-state index >= 15 is 0 Å². The van der Waals surface area contributed by atoms with Crippen molar-refractivity contribution >= 4 is 10.0 Å². The Kier molecular flexibility index (Phi) is 6.44. The van der Waals surface area contributed by atoms with Gasteiger partial charge in [0.15, 0.2) is 0 Å². The van der Waals surface area contributed by atoms with Crippen molar-refractivity contribution in [3.63, 3.8) is 0 Å². The number of benzene rings is 1. The van der Waals surface area contributed by atoms with E-state index in [-0.39, 0.29) is 6.04 Å². The summed E-state index contributed by atoms with van der Waals surface area (Å²) in [4.78, 5) is 0.301. The number of hydrogen-bond acceptors (Lipinski definition) is 4. The molecule has 0 amide bonds. The van der Waals surface area contributed by atoms with Crippen LogP contribution in [-0.2, 0) is 21.2 Å². The fraction of sp³-hybridized carbons (Fsp3) is 0.538. The van der Waals surface area contributed by atoms with Crippen LogP contribution in [0.3, 0.4) is 0 Å². The van der Waals surface area contributed by atoms with Crippen LogP contribution in [-0.4, -0.2) is 34.7 Å². The second-order valence-corrected chi connectivity index (χ2v) is 6.16. The molecule has 0 saturated carbocycles. The summed E-state index contributed by atoms with van der Waals surface area (Å²) in [6.07, 6.45) is 1.22. The van der Waals surface area contributed by atoms with E-state index in [0.29, 0.717) is 24.5 Å². The maximum absolute atomic E-state index is 12.2. The van der Waals surface area contributed by atoms with E-state index in [1.54, 1.807) is 25.3 Å². The summed E-state index contributed by atoms with van der Waals surface area (Å²) in [5, 5.41) is 0. The molecule has 0 aliphatic carbocycles. The van der Waals surface area contributed by atoms with Crippen LogP contribution in [0.2, 0.25) is 0 Å². The second-order valence-electron chi connectivity index (χ2n) is 4.43. The number of rotatable bonds is 8. The van der Waals surface area contributed by atoms with Gasteiger partial charge in [0, 0.05) is 19.7 Å². The predicted octanol–water partition coefficient (Wildman–Crippen LogP) is 0.891. The van der Waals surface area contributed by atoms with Crippen LogP contribution in [0.4, 0.5) is 0 Å². The Balaban J connectivity index is 2.95. The van der Waals surface area contributed by atoms with E-state index in [1.165, 1.54) is 0 Å². The van der Waals surface area contributed by atoms with Gasteiger partial charge < -0.3 is 10.5 Å². The molecule has 0 fully saturated rings. The van der Waals surface area contributed by atoms with Crippen LogP contribution in [0.5, 0.6) is 0 Å². The van der Waals surface area contributed by atoms with Crippen LogP contribution < -0.4 is 10.5 Å². The molecule has 0 aromatic heterocycles. The fourth-order valence-electron chi connectivity index (χ4n) is 1.80. The van der Waals surface area contributed by atoms with Gasteiger partial charge in [0.25, 0.3) is 0 Å². The first-order valence-electron chi connectivity index (χ1n) is 6.33. The average Bonchev–Trinajstić information content (AvgIpc) is 2.37. The third-order valence-corrected chi connectivity index (χ3v) is 4.23. The Morgan fingerprint density at radius 3 is 2.68 bits per heavy atom. The van der Waals surface area contributed by atoms with Crippen molar-refractivity contribution in [2.24, 2.45) is 5.73 Å². The molecular weight excluding hydrogens is 264 g/mol. The van der Waals surface area contributed by atoms with Crippen LogP contribution >= 0.6 is 0 Å². The molecule has 0 radical (unpaired) electrons. The Morgan fingerprint density at radius 1 is 1.37 bits per heavy atom. The minimum atomic E-state index is -3.46. The molecule has 0 aliphatic rings. The lowest BCUT2D eigenvalue weighted by molar-refractivity contribution is 0.180. The van der Waals surface area contributed by atoms with Crippen molar-refractivity contribution in [1.29, 1.82) is 0 Å². The summed E-state index contributed by atoms with van der Waals surface area (Å²) in [6, 6.07) is 6.70. The van der Waals surface area contributed by atoms with Gasteiger partial charge in [0.05, 0.1) is 11.5 Å². The quantitative estimate of drug-likeness (QED) is 0.743. The van der Waals surface area contributed by atoms with Gasteiger partial charge in [-0.2, -0.15) is 0 Å². The molecule has 1 aromatic carbocycles. The van der Waals surface area contributed by atoms with Gasteiger partial charge >= 0.3 is 0 Å². The zero-order valence-corrected chi connectivity index (χ0v) is 12.2. The highest BCUT2D eigenvalue weighted by molar-refractivity contribution is 7.89. The largest absolute Gasteiger partial charge is 0.383 e. The van der Waals surface area contributed by atoms with Crippen molar-refractivity contribution in [2.45, 2.75) is 30.7 Å². The molecule has 1 unspecified atom stereocenters. The van der Waals surface area contributed by atoms with Gasteiger partial charge in [0.1, 0.15) is 0 Å². The number of sulfonamides is 1. The summed E-state index contributed by atoms with van der Waals surface area (Å²) in [5.41, 5.74) is 6.61. The van der Waals surface area contributed by atoms with Crippen LogP contribution in [0, 0.1) is 0 Å². The predicted molar refractivity (Wildman–Crippen MR) is 75.5 cm³/mol. The first kappa shape index (κ1) is 16.1. The maximum Gasteiger partial charge on any atom is 0.240 e. The Labute approximate surface area is 115 Å². The summed E-state index contributed by atoms with van der Waals surface area (Å²) in [6.45, 7) is 2.75. The van der Waals surface area contributed by atoms with Crippen LogP contribution in [0.1, 0.15) is 18.9 Å². The van der Waals surface area contributed by atoms with E-state index in [0.717, 1.165) is 12.0 Å². The summed E-state index contributed by atoms with van der Waals surface area (Å²) < 4.78 is 31.9. The molecule has 0 bridgehead atoms. The highest BCUT2D eigenvalue weighted by Crippen LogP contribution is 2.16. The number of nitrogens with two attached hydrogens (primary N) is 1. The molecule has 0 saturated heterocycles. The normalized spacial score (nSPS) is 13.4. The molecule has 1 rings (SSSR count). The Bertz CT molecular complexity index is 488. The molecular formula is C13H22N2O3S. The number of nitrogens with one attached hydrogen (secondary N) is 1. The van der Waals surface area contributed by atoms with E-state index in [9.17, 15) is 8.42 Å². The minimum absolute atomic E-state index is 0.215. The van der Waals surface area contributed by atoms with Gasteiger partial charge in [0.2, 0.25) is 10.0 Å². The SMILES string of the molecule is CCCNS(=O)(=O)c1ccccc1CC(N)COC. The van der Waals surface area contributed by atoms with Crippen LogP contribution in [0.25, 0.3) is 0 Å². The highest BCUT2D eigenvalue weighted by Gasteiger charge is 2.18. The topological polar surface area (TPSA) is 81.4 Å². The minimum Gasteiger partial charge on any atom is -0.383 e. The van der Waals surface area contributed by atoms with Crippen LogP contribution in [0.15, 0.2) is 29.2 Å². The van der Waals surface area contributed by atoms with Crippen molar-refractivity contribution in [3.8, 4) is 0 Å². The first-order valence-corrected chi connectivity index (χ1v) is 7.81. The number of methoxy groups -OCH3 is 1. The number of ether oxygens (including phenoxy) is 1. The van der Waals surface area contributed by atoms with E-state index in [1.807, 2.05) is 13.0 Å². The zero-order valence-electron chi connectivity index (χ0n) is 11.4. The first-order chi connectivity index (χ1) is 9.01. The van der Waals surface area contributed by atoms with Gasteiger partial charge in [-0.1, -0.05) is 25.1 Å². The van der Waals surface area contributed by atoms with Crippen molar-refractivity contribution in [2.75, 3.05) is 20.3 Å². The lowest BCUT2D eigenvalue weighted by Crippen LogP contribution is -2.30. The number of hydrogen-bond donors (Lipinski definition) is 2. The van der Waals surface area contributed by atoms with Crippen molar-refractivity contribution < 1.29 is 13.2 Å². The van der Waals surface area contributed by atoms with E-state index in [4.69, 9.17) is 10.5 Å². The van der Waals surface area contributed by atoms with E-state index in [2.05, 4.69) is 4.72 Å². The second kappa shape index (κ2) is 7.59. The standard InChI is InChI=1S/C13H22N2O3S/c1-3-8-15-19(16,17)13-7-5-4-6-11(13)9-12(14)10-18-2/h4-7,12,15H,3,8-10,14H2,1-2H3.